The minimum absolute atomic E-state index is 0.0884. The number of anilines is 3. The normalized spacial score (nSPS) is 21.3. The summed E-state index contributed by atoms with van der Waals surface area (Å²) in [6.45, 7) is 4.78. The Kier molecular flexibility index (Phi) is 5.08. The molecule has 0 unspecified atom stereocenters. The van der Waals surface area contributed by atoms with E-state index < -0.39 is 5.92 Å². The minimum Gasteiger partial charge on any atom is -0.340 e. The Morgan fingerprint density at radius 3 is 2.79 bits per heavy atom. The number of amides is 2. The average molecular weight is 395 g/mol. The molecular formula is C21H25N5O3. The first-order valence-corrected chi connectivity index (χ1v) is 10.0. The van der Waals surface area contributed by atoms with E-state index in [1.54, 1.807) is 6.07 Å². The van der Waals surface area contributed by atoms with E-state index in [2.05, 4.69) is 27.5 Å². The van der Waals surface area contributed by atoms with Gasteiger partial charge in [-0.1, -0.05) is 18.2 Å². The summed E-state index contributed by atoms with van der Waals surface area (Å²) in [5.74, 6) is -0.966. The molecule has 1 fully saturated rings. The van der Waals surface area contributed by atoms with Crippen LogP contribution in [-0.2, 0) is 9.59 Å². The minimum atomic E-state index is -0.887. The molecule has 4 rings (SSSR count). The number of piperidine rings is 1. The summed E-state index contributed by atoms with van der Waals surface area (Å²) in [4.78, 5) is 47.5. The van der Waals surface area contributed by atoms with Gasteiger partial charge in [0, 0.05) is 24.7 Å². The first kappa shape index (κ1) is 19.2. The number of rotatable bonds is 3. The number of nitrogens with one attached hydrogen (secondary N) is 3. The number of aryl methyl sites for hydroxylation is 1. The first-order valence-electron chi connectivity index (χ1n) is 10.0. The van der Waals surface area contributed by atoms with E-state index in [-0.39, 0.29) is 41.2 Å². The van der Waals surface area contributed by atoms with Crippen LogP contribution >= 0.6 is 0 Å². The van der Waals surface area contributed by atoms with Gasteiger partial charge in [-0.25, -0.2) is 0 Å². The van der Waals surface area contributed by atoms with Crippen molar-refractivity contribution in [2.45, 2.75) is 51.5 Å². The molecule has 2 aliphatic rings. The largest absolute Gasteiger partial charge is 0.340 e. The van der Waals surface area contributed by atoms with Gasteiger partial charge in [0.15, 0.2) is 0 Å². The van der Waals surface area contributed by atoms with Crippen molar-refractivity contribution in [1.29, 1.82) is 0 Å². The number of aromatic nitrogens is 2. The highest BCUT2D eigenvalue weighted by atomic mass is 16.2. The molecule has 2 amide bonds. The molecule has 2 atom stereocenters. The maximum atomic E-state index is 12.9. The molecule has 8 nitrogen and oxygen atoms in total. The number of hydrogen-bond donors (Lipinski definition) is 3. The second kappa shape index (κ2) is 7.69. The van der Waals surface area contributed by atoms with Crippen molar-refractivity contribution in [2.24, 2.45) is 0 Å². The summed E-state index contributed by atoms with van der Waals surface area (Å²) in [5, 5.41) is 5.52. The standard InChI is InChI=1S/C21H25N5O3/c1-12-7-3-4-9-15(12)22-19(28)14-11-16(27)23-18-17(14)20(29)25-21(24-18)26-10-6-5-8-13(26)2/h3-4,7,9,13-14H,5-6,8,10-11H2,1-2H3,(H,22,28)(H2,23,24,25,27,29)/t13-,14-/m0/s1. The van der Waals surface area contributed by atoms with E-state index in [0.29, 0.717) is 11.6 Å². The van der Waals surface area contributed by atoms with Gasteiger partial charge < -0.3 is 15.5 Å². The van der Waals surface area contributed by atoms with Gasteiger partial charge in [0.05, 0.1) is 11.5 Å². The molecule has 1 aromatic heterocycles. The zero-order valence-corrected chi connectivity index (χ0v) is 16.6. The molecule has 3 heterocycles. The lowest BCUT2D eigenvalue weighted by atomic mass is 9.92. The summed E-state index contributed by atoms with van der Waals surface area (Å²) in [5.41, 5.74) is 1.40. The maximum absolute atomic E-state index is 12.9. The van der Waals surface area contributed by atoms with Crippen LogP contribution in [0.25, 0.3) is 0 Å². The second-order valence-electron chi connectivity index (χ2n) is 7.80. The van der Waals surface area contributed by atoms with E-state index in [0.717, 1.165) is 31.4 Å². The predicted molar refractivity (Wildman–Crippen MR) is 111 cm³/mol. The molecule has 0 bridgehead atoms. The Hall–Kier alpha value is -3.16. The van der Waals surface area contributed by atoms with Crippen LogP contribution in [0.3, 0.4) is 0 Å². The third kappa shape index (κ3) is 3.74. The molecular weight excluding hydrogens is 370 g/mol. The summed E-state index contributed by atoms with van der Waals surface area (Å²) >= 11 is 0. The van der Waals surface area contributed by atoms with Crippen molar-refractivity contribution in [3.8, 4) is 0 Å². The fourth-order valence-electron chi connectivity index (χ4n) is 4.07. The number of carbonyl (C=O) groups is 2. The summed E-state index contributed by atoms with van der Waals surface area (Å²) < 4.78 is 0. The summed E-state index contributed by atoms with van der Waals surface area (Å²) in [6.07, 6.45) is 3.10. The molecule has 1 saturated heterocycles. The number of aromatic amines is 1. The summed E-state index contributed by atoms with van der Waals surface area (Å²) in [7, 11) is 0. The van der Waals surface area contributed by atoms with E-state index in [1.165, 1.54) is 0 Å². The van der Waals surface area contributed by atoms with Gasteiger partial charge in [-0.3, -0.25) is 19.4 Å². The predicted octanol–water partition coefficient (Wildman–Crippen LogP) is 2.52. The van der Waals surface area contributed by atoms with Gasteiger partial charge in [0.1, 0.15) is 5.82 Å². The van der Waals surface area contributed by atoms with Crippen LogP contribution in [0.15, 0.2) is 29.1 Å². The van der Waals surface area contributed by atoms with Gasteiger partial charge in [0.2, 0.25) is 17.8 Å². The quantitative estimate of drug-likeness (QED) is 0.740. The van der Waals surface area contributed by atoms with Crippen LogP contribution in [0.2, 0.25) is 0 Å². The van der Waals surface area contributed by atoms with Crippen molar-refractivity contribution >= 4 is 29.3 Å². The number of carbonyl (C=O) groups excluding carboxylic acids is 2. The van der Waals surface area contributed by atoms with E-state index in [1.807, 2.05) is 30.0 Å². The number of H-pyrrole nitrogens is 1. The SMILES string of the molecule is Cc1ccccc1NC(=O)[C@H]1CC(=O)Nc2nc(N3CCCC[C@@H]3C)[nH]c(=O)c21. The number of para-hydroxylation sites is 1. The summed E-state index contributed by atoms with van der Waals surface area (Å²) in [6, 6.07) is 7.64. The van der Waals surface area contributed by atoms with E-state index in [4.69, 9.17) is 0 Å². The van der Waals surface area contributed by atoms with Gasteiger partial charge in [0.25, 0.3) is 5.56 Å². The van der Waals surface area contributed by atoms with Crippen molar-refractivity contribution < 1.29 is 9.59 Å². The monoisotopic (exact) mass is 395 g/mol. The molecule has 0 aliphatic carbocycles. The molecule has 2 aromatic rings. The average Bonchev–Trinajstić information content (AvgIpc) is 2.69. The van der Waals surface area contributed by atoms with Crippen molar-refractivity contribution in [3.63, 3.8) is 0 Å². The molecule has 3 N–H and O–H groups in total. The molecule has 0 saturated carbocycles. The molecule has 0 spiro atoms. The number of benzene rings is 1. The van der Waals surface area contributed by atoms with Gasteiger partial charge in [-0.2, -0.15) is 4.98 Å². The Morgan fingerprint density at radius 1 is 1.24 bits per heavy atom. The van der Waals surface area contributed by atoms with Crippen molar-refractivity contribution in [3.05, 3.63) is 45.7 Å². The zero-order chi connectivity index (χ0) is 20.5. The van der Waals surface area contributed by atoms with Crippen LogP contribution in [0, 0.1) is 6.92 Å². The lowest BCUT2D eigenvalue weighted by Crippen LogP contribution is -2.42. The fraction of sp³-hybridized carbons (Fsp3) is 0.429. The van der Waals surface area contributed by atoms with Crippen LogP contribution in [-0.4, -0.2) is 34.4 Å². The van der Waals surface area contributed by atoms with Crippen molar-refractivity contribution in [2.75, 3.05) is 22.1 Å². The van der Waals surface area contributed by atoms with Crippen LogP contribution in [0.1, 0.15) is 49.7 Å². The molecule has 8 heteroatoms. The lowest BCUT2D eigenvalue weighted by molar-refractivity contribution is -0.123. The number of fused-ring (bicyclic) bond motifs is 1. The fourth-order valence-corrected chi connectivity index (χ4v) is 4.07. The van der Waals surface area contributed by atoms with Gasteiger partial charge >= 0.3 is 0 Å². The first-order chi connectivity index (χ1) is 13.9. The van der Waals surface area contributed by atoms with Gasteiger partial charge in [-0.15, -0.1) is 0 Å². The molecule has 1 aromatic carbocycles. The Morgan fingerprint density at radius 2 is 2.03 bits per heavy atom. The molecule has 152 valence electrons. The highest BCUT2D eigenvalue weighted by Crippen LogP contribution is 2.31. The van der Waals surface area contributed by atoms with Crippen LogP contribution < -0.4 is 21.1 Å². The number of hydrogen-bond acceptors (Lipinski definition) is 5. The third-order valence-corrected chi connectivity index (χ3v) is 5.73. The van der Waals surface area contributed by atoms with Crippen LogP contribution in [0.4, 0.5) is 17.5 Å². The molecule has 29 heavy (non-hydrogen) atoms. The Labute approximate surface area is 168 Å². The molecule has 0 radical (unpaired) electrons. The maximum Gasteiger partial charge on any atom is 0.258 e. The highest BCUT2D eigenvalue weighted by Gasteiger charge is 2.35. The zero-order valence-electron chi connectivity index (χ0n) is 16.6. The highest BCUT2D eigenvalue weighted by molar-refractivity contribution is 6.04. The van der Waals surface area contributed by atoms with E-state index in [9.17, 15) is 14.4 Å². The number of nitrogens with zero attached hydrogens (tertiary/aromatic N) is 2. The molecule has 2 aliphatic heterocycles. The third-order valence-electron chi connectivity index (χ3n) is 5.73. The van der Waals surface area contributed by atoms with Gasteiger partial charge in [-0.05, 0) is 44.7 Å². The van der Waals surface area contributed by atoms with E-state index >= 15 is 0 Å². The second-order valence-corrected chi connectivity index (χ2v) is 7.80. The smallest absolute Gasteiger partial charge is 0.258 e. The Balaban J connectivity index is 1.67. The van der Waals surface area contributed by atoms with Crippen molar-refractivity contribution in [1.82, 2.24) is 9.97 Å². The lowest BCUT2D eigenvalue weighted by Gasteiger charge is -2.34. The topological polar surface area (TPSA) is 107 Å². The van der Waals surface area contributed by atoms with Crippen LogP contribution in [0.5, 0.6) is 0 Å². The Bertz CT molecular complexity index is 1020.